The van der Waals surface area contributed by atoms with Gasteiger partial charge >= 0.3 is 5.97 Å². The normalized spacial score (nSPS) is 16.5. The fraction of sp³-hybridized carbons (Fsp3) is 0.384. The number of aliphatic hydroxyl groups is 1. The molecule has 1 aliphatic carbocycles. The molecule has 10 aromatic rings. The van der Waals surface area contributed by atoms with Crippen LogP contribution in [0.4, 0.5) is 17.1 Å². The van der Waals surface area contributed by atoms with Crippen molar-refractivity contribution in [2.75, 3.05) is 22.9 Å². The molecule has 11 nitrogen and oxygen atoms in total. The van der Waals surface area contributed by atoms with Crippen LogP contribution in [-0.4, -0.2) is 57.2 Å². The van der Waals surface area contributed by atoms with Gasteiger partial charge in [0.2, 0.25) is 11.5 Å². The second kappa shape index (κ2) is 28.6. The molecule has 11 heteroatoms. The number of ketones is 1. The van der Waals surface area contributed by atoms with E-state index in [1.165, 1.54) is 30.6 Å². The lowest BCUT2D eigenvalue weighted by atomic mass is 9.77. The van der Waals surface area contributed by atoms with Crippen molar-refractivity contribution in [1.29, 1.82) is 0 Å². The maximum Gasteiger partial charge on any atom is 0.335 e. The molecular formula is C99H110N3O8+. The molecule has 568 valence electrons. The van der Waals surface area contributed by atoms with Gasteiger partial charge in [0.15, 0.2) is 5.71 Å². The first kappa shape index (κ1) is 76.6. The smallest absolute Gasteiger partial charge is 0.335 e. The quantitative estimate of drug-likeness (QED) is 0.0160. The Balaban J connectivity index is 0.943. The molecule has 0 bridgehead atoms. The number of aliphatic hydroxyl groups excluding tert-OH is 1. The minimum atomic E-state index is -0.991. The molecule has 0 unspecified atom stereocenters. The van der Waals surface area contributed by atoms with Gasteiger partial charge < -0.3 is 24.6 Å². The third kappa shape index (κ3) is 13.6. The van der Waals surface area contributed by atoms with E-state index in [9.17, 15) is 15.0 Å². The first-order valence-corrected chi connectivity index (χ1v) is 40.3. The summed E-state index contributed by atoms with van der Waals surface area (Å²) in [6.45, 7) is 40.4. The van der Waals surface area contributed by atoms with Crippen LogP contribution in [0.2, 0.25) is 0 Å². The molecule has 0 spiro atoms. The summed E-state index contributed by atoms with van der Waals surface area (Å²) < 4.78 is 16.9. The SMILES string of the molecule is CCCCCCCCN1/C(=C\C2=C(O)C(=C/C3=[N+](CCCCCCCC)c4ccc(C(=O)O)cc4C3(C)C)/C2=O)C(C)(C)c2cc(-c3ccc4c5c(Oc6ccc(C(C)(C)C)cc6)cc6c7c(cc(Oc8ccc(C(C)(C)C)cc8)c(c8cccc3c84)c75)C(=O)N(c3cc(C(C)(C)C)ccc3C(C)(C)C)C6=O)ccc21. The summed E-state index contributed by atoms with van der Waals surface area (Å²) in [7, 11) is 0. The Morgan fingerprint density at radius 3 is 1.59 bits per heavy atom. The first-order valence-electron chi connectivity index (χ1n) is 40.3. The van der Waals surface area contributed by atoms with E-state index >= 15 is 14.4 Å². The summed E-state index contributed by atoms with van der Waals surface area (Å²) in [5.74, 6) is -0.0168. The average Bonchev–Trinajstić information content (AvgIpc) is 0.976. The molecule has 10 aromatic carbocycles. The van der Waals surface area contributed by atoms with E-state index in [1.807, 2.05) is 60.7 Å². The number of carbonyl (C=O) groups is 4. The lowest BCUT2D eigenvalue weighted by molar-refractivity contribution is -0.438. The Bertz CT molecular complexity index is 5400. The van der Waals surface area contributed by atoms with Crippen LogP contribution >= 0.6 is 0 Å². The summed E-state index contributed by atoms with van der Waals surface area (Å²) in [5, 5.41) is 29.0. The molecule has 0 saturated carbocycles. The monoisotopic (exact) mass is 1470 g/mol. The Labute approximate surface area is 650 Å². The molecule has 2 N–H and O–H groups in total. The topological polar surface area (TPSA) is 137 Å². The first-order chi connectivity index (χ1) is 52.0. The van der Waals surface area contributed by atoms with E-state index in [-0.39, 0.29) is 44.5 Å². The molecule has 3 heterocycles. The molecule has 0 atom stereocenters. The Hall–Kier alpha value is -10.1. The number of carboxylic acids is 1. The van der Waals surface area contributed by atoms with Crippen molar-refractivity contribution in [3.8, 4) is 34.1 Å². The fourth-order valence-electron chi connectivity index (χ4n) is 17.5. The van der Waals surface area contributed by atoms with Gasteiger partial charge in [-0.2, -0.15) is 4.58 Å². The highest BCUT2D eigenvalue weighted by Crippen LogP contribution is 2.56. The number of aromatic carboxylic acids is 1. The summed E-state index contributed by atoms with van der Waals surface area (Å²) in [6, 6.07) is 49.3. The molecule has 0 fully saturated rings. The number of hydrogen-bond acceptors (Lipinski definition) is 8. The zero-order chi connectivity index (χ0) is 78.6. The van der Waals surface area contributed by atoms with Gasteiger partial charge in [0.05, 0.1) is 38.9 Å². The Morgan fingerprint density at radius 1 is 0.491 bits per heavy atom. The largest absolute Gasteiger partial charge is 0.506 e. The number of imide groups is 1. The van der Waals surface area contributed by atoms with Gasteiger partial charge in [0.25, 0.3) is 11.8 Å². The number of nitrogens with zero attached hydrogens (tertiary/aromatic N) is 3. The van der Waals surface area contributed by atoms with E-state index in [2.05, 4.69) is 219 Å². The minimum Gasteiger partial charge on any atom is -0.506 e. The second-order valence-corrected chi connectivity index (χ2v) is 36.6. The second-order valence-electron chi connectivity index (χ2n) is 36.6. The van der Waals surface area contributed by atoms with Gasteiger partial charge in [-0.1, -0.05) is 241 Å². The third-order valence-electron chi connectivity index (χ3n) is 24.0. The van der Waals surface area contributed by atoms with Gasteiger partial charge in [-0.3, -0.25) is 14.4 Å². The highest BCUT2D eigenvalue weighted by Gasteiger charge is 2.49. The van der Waals surface area contributed by atoms with Gasteiger partial charge in [-0.05, 0) is 182 Å². The van der Waals surface area contributed by atoms with Gasteiger partial charge in [-0.15, -0.1) is 0 Å². The molecule has 0 radical (unpaired) electrons. The molecule has 3 aliphatic heterocycles. The number of fused-ring (bicyclic) bond motifs is 4. The predicted octanol–water partition coefficient (Wildman–Crippen LogP) is 25.8. The van der Waals surface area contributed by atoms with Crippen molar-refractivity contribution in [1.82, 2.24) is 0 Å². The maximum atomic E-state index is 16.2. The van der Waals surface area contributed by atoms with Gasteiger partial charge in [0, 0.05) is 69.0 Å². The van der Waals surface area contributed by atoms with Crippen molar-refractivity contribution < 1.29 is 43.4 Å². The van der Waals surface area contributed by atoms with Crippen molar-refractivity contribution in [3.63, 3.8) is 0 Å². The molecule has 14 rings (SSSR count). The van der Waals surface area contributed by atoms with Gasteiger partial charge in [0.1, 0.15) is 35.3 Å². The van der Waals surface area contributed by atoms with Crippen LogP contribution in [0.5, 0.6) is 23.0 Å². The van der Waals surface area contributed by atoms with E-state index in [0.717, 1.165) is 158 Å². The van der Waals surface area contributed by atoms with Gasteiger partial charge in [-0.25, -0.2) is 9.69 Å². The van der Waals surface area contributed by atoms with Crippen molar-refractivity contribution in [3.05, 3.63) is 230 Å². The van der Waals surface area contributed by atoms with Crippen LogP contribution in [0.15, 0.2) is 180 Å². The van der Waals surface area contributed by atoms with Crippen molar-refractivity contribution >= 4 is 89.4 Å². The molecule has 0 aromatic heterocycles. The maximum absolute atomic E-state index is 16.2. The van der Waals surface area contributed by atoms with Crippen LogP contribution < -0.4 is 19.3 Å². The van der Waals surface area contributed by atoms with Crippen molar-refractivity contribution in [2.24, 2.45) is 0 Å². The number of rotatable bonds is 23. The summed E-state index contributed by atoms with van der Waals surface area (Å²) in [6.07, 6.45) is 17.1. The van der Waals surface area contributed by atoms with E-state index in [4.69, 9.17) is 9.47 Å². The summed E-state index contributed by atoms with van der Waals surface area (Å²) >= 11 is 0. The number of anilines is 2. The number of allylic oxidation sites excluding steroid dienone is 5. The zero-order valence-corrected chi connectivity index (χ0v) is 68.1. The van der Waals surface area contributed by atoms with Crippen LogP contribution in [-0.2, 0) is 37.3 Å². The molecular weight excluding hydrogens is 1360 g/mol. The molecule has 4 aliphatic rings. The van der Waals surface area contributed by atoms with E-state index < -0.39 is 34.0 Å². The molecule has 0 saturated heterocycles. The number of unbranched alkanes of at least 4 members (excludes halogenated alkanes) is 10. The van der Waals surface area contributed by atoms with Crippen LogP contribution in [0, 0.1) is 0 Å². The number of carbonyl (C=O) groups excluding carboxylic acids is 3. The lowest BCUT2D eigenvalue weighted by Gasteiger charge is -2.34. The lowest BCUT2D eigenvalue weighted by Crippen LogP contribution is -2.42. The number of hydrogen-bond donors (Lipinski definition) is 2. The predicted molar refractivity (Wildman–Crippen MR) is 453 cm³/mol. The van der Waals surface area contributed by atoms with Crippen LogP contribution in [0.3, 0.4) is 0 Å². The minimum absolute atomic E-state index is 0.0408. The zero-order valence-electron chi connectivity index (χ0n) is 68.1. The highest BCUT2D eigenvalue weighted by molar-refractivity contribution is 6.44. The fourth-order valence-corrected chi connectivity index (χ4v) is 17.5. The standard InChI is InChI=1S/C99H109N3O8/c1-19-21-23-25-27-29-50-100-77-48-34-59(52-75(77)98(15,16)82(100)57-72-89(103)73(90(72)104)58-83-99(17,18)76-53-60(93(107)108)35-49-78(76)101(83)51-30-28-26-24-22-20-2)66-45-46-69-84-67(66)32-31-33-68(84)86-80(109-64-41-36-61(37-42-64)94(3,4)5)55-70-85-71(56-81(87(69)88(85)86)110-65-43-38-62(39-44-65)95(6,7)8)92(106)102(91(70)105)79-54-63(96(9,10)11)40-47-74(79)97(12,13)14/h31-49,52-58H,19-30,50-51H2,1-18H3,(H-,103,104,107,108)/p+1. The summed E-state index contributed by atoms with van der Waals surface area (Å²) in [5.41, 5.74) is 11.6. The Morgan fingerprint density at radius 2 is 1.04 bits per heavy atom. The van der Waals surface area contributed by atoms with E-state index in [1.54, 1.807) is 12.1 Å². The van der Waals surface area contributed by atoms with Crippen LogP contribution in [0.1, 0.15) is 266 Å². The average molecular weight is 1470 g/mol. The number of Topliss-reactive ketones (excluding diaryl/α,β-unsaturated/α-hetero) is 1. The molecule has 2 amide bonds. The van der Waals surface area contributed by atoms with Crippen LogP contribution in [0.25, 0.3) is 54.2 Å². The number of carboxylic acid groups (broad SMARTS) is 1. The highest BCUT2D eigenvalue weighted by atomic mass is 16.5. The molecule has 110 heavy (non-hydrogen) atoms. The Kier molecular flexibility index (Phi) is 19.9. The number of ether oxygens (including phenoxy) is 2. The summed E-state index contributed by atoms with van der Waals surface area (Å²) in [4.78, 5) is 63.6. The third-order valence-corrected chi connectivity index (χ3v) is 24.0. The van der Waals surface area contributed by atoms with E-state index in [0.29, 0.717) is 57.1 Å². The van der Waals surface area contributed by atoms with Crippen molar-refractivity contribution in [2.45, 2.75) is 234 Å². The number of amides is 2. The number of benzene rings is 10.